The van der Waals surface area contributed by atoms with Crippen molar-refractivity contribution in [3.63, 3.8) is 0 Å². The molecule has 8 nitrogen and oxygen atoms in total. The zero-order valence-electron chi connectivity index (χ0n) is 20.3. The molecule has 0 unspecified atom stereocenters. The number of rotatable bonds is 4. The first kappa shape index (κ1) is 22.4. The largest absolute Gasteiger partial charge is 0.458 e. The number of aromatic amines is 1. The number of hydrogen-bond donors (Lipinski definition) is 2. The van der Waals surface area contributed by atoms with Crippen LogP contribution in [-0.2, 0) is 28.3 Å². The van der Waals surface area contributed by atoms with Gasteiger partial charge < -0.3 is 19.4 Å². The van der Waals surface area contributed by atoms with Gasteiger partial charge in [-0.2, -0.15) is 0 Å². The van der Waals surface area contributed by atoms with Crippen LogP contribution in [0, 0.1) is 0 Å². The highest BCUT2D eigenvalue weighted by Crippen LogP contribution is 2.39. The van der Waals surface area contributed by atoms with Gasteiger partial charge in [0.15, 0.2) is 5.60 Å². The molecule has 3 aromatic heterocycles. The summed E-state index contributed by atoms with van der Waals surface area (Å²) in [5, 5.41) is 12.0. The molecule has 0 bridgehead atoms. The van der Waals surface area contributed by atoms with Gasteiger partial charge >= 0.3 is 5.97 Å². The van der Waals surface area contributed by atoms with E-state index in [0.717, 1.165) is 33.3 Å². The van der Waals surface area contributed by atoms with E-state index in [1.165, 1.54) is 0 Å². The summed E-state index contributed by atoms with van der Waals surface area (Å²) >= 11 is 0. The maximum Gasteiger partial charge on any atom is 0.343 e. The summed E-state index contributed by atoms with van der Waals surface area (Å²) in [6.07, 6.45) is 3.90. The fourth-order valence-electron chi connectivity index (χ4n) is 5.17. The van der Waals surface area contributed by atoms with Crippen molar-refractivity contribution in [1.82, 2.24) is 14.5 Å². The quantitative estimate of drug-likeness (QED) is 0.298. The summed E-state index contributed by atoms with van der Waals surface area (Å²) < 4.78 is 6.82. The summed E-state index contributed by atoms with van der Waals surface area (Å²) in [5.74, 6) is -0.725. The Balaban J connectivity index is 1.58. The van der Waals surface area contributed by atoms with Crippen molar-refractivity contribution >= 4 is 23.1 Å². The Morgan fingerprint density at radius 3 is 2.83 bits per heavy atom. The van der Waals surface area contributed by atoms with Crippen LogP contribution in [0.1, 0.15) is 49.4 Å². The van der Waals surface area contributed by atoms with Crippen molar-refractivity contribution in [2.75, 3.05) is 0 Å². The molecular weight excluding hydrogens is 456 g/mol. The third-order valence-corrected chi connectivity index (χ3v) is 7.12. The molecule has 2 aliphatic rings. The van der Waals surface area contributed by atoms with Crippen LogP contribution in [-0.4, -0.2) is 37.9 Å². The number of carbonyl (C=O) groups is 1. The van der Waals surface area contributed by atoms with E-state index in [1.807, 2.05) is 50.5 Å². The average Bonchev–Trinajstić information content (AvgIpc) is 3.52. The highest BCUT2D eigenvalue weighted by Gasteiger charge is 2.45. The Bertz CT molecular complexity index is 1630. The van der Waals surface area contributed by atoms with Crippen molar-refractivity contribution in [2.45, 2.75) is 52.0 Å². The molecule has 2 aliphatic heterocycles. The minimum Gasteiger partial charge on any atom is -0.458 e. The molecule has 0 aliphatic carbocycles. The molecule has 182 valence electrons. The monoisotopic (exact) mass is 482 g/mol. The van der Waals surface area contributed by atoms with Crippen molar-refractivity contribution in [3.8, 4) is 22.6 Å². The van der Waals surface area contributed by atoms with Gasteiger partial charge in [0.05, 0.1) is 29.0 Å². The summed E-state index contributed by atoms with van der Waals surface area (Å²) in [5.41, 5.74) is 4.45. The Morgan fingerprint density at radius 1 is 1.28 bits per heavy atom. The Morgan fingerprint density at radius 2 is 2.11 bits per heavy atom. The Labute approximate surface area is 207 Å². The van der Waals surface area contributed by atoms with Crippen LogP contribution in [0.4, 0.5) is 0 Å². The number of pyridine rings is 2. The molecule has 1 atom stereocenters. The van der Waals surface area contributed by atoms with Gasteiger partial charge in [0.25, 0.3) is 5.56 Å². The fraction of sp³-hybridized carbons (Fsp3) is 0.286. The minimum atomic E-state index is -1.84. The molecule has 2 N–H and O–H groups in total. The number of hydrogen-bond acceptors (Lipinski definition) is 6. The van der Waals surface area contributed by atoms with Crippen molar-refractivity contribution in [1.29, 1.82) is 0 Å². The predicted octanol–water partition coefficient (Wildman–Crippen LogP) is 3.90. The van der Waals surface area contributed by atoms with Gasteiger partial charge in [-0.25, -0.2) is 9.78 Å². The summed E-state index contributed by atoms with van der Waals surface area (Å²) in [6.45, 7) is 5.97. The molecule has 0 radical (unpaired) electrons. The third-order valence-electron chi connectivity index (χ3n) is 7.12. The number of aliphatic imine (C=N–C) groups is 1. The Kier molecular flexibility index (Phi) is 4.98. The second-order valence-corrected chi connectivity index (χ2v) is 9.65. The zero-order valence-corrected chi connectivity index (χ0v) is 20.3. The number of nitrogens with one attached hydrogen (secondary N) is 1. The normalized spacial score (nSPS) is 18.5. The highest BCUT2D eigenvalue weighted by atomic mass is 16.6. The molecule has 5 heterocycles. The van der Waals surface area contributed by atoms with E-state index >= 15 is 0 Å². The van der Waals surface area contributed by atoms with E-state index in [9.17, 15) is 14.7 Å². The first-order chi connectivity index (χ1) is 17.3. The molecule has 0 fully saturated rings. The van der Waals surface area contributed by atoms with Gasteiger partial charge in [-0.1, -0.05) is 13.0 Å². The molecule has 0 saturated carbocycles. The molecule has 0 saturated heterocycles. The maximum atomic E-state index is 13.4. The first-order valence-corrected chi connectivity index (χ1v) is 12.1. The second-order valence-electron chi connectivity index (χ2n) is 9.65. The van der Waals surface area contributed by atoms with Crippen molar-refractivity contribution in [2.24, 2.45) is 4.99 Å². The molecule has 0 spiro atoms. The van der Waals surface area contributed by atoms with Gasteiger partial charge in [0.2, 0.25) is 0 Å². The fourth-order valence-corrected chi connectivity index (χ4v) is 5.17. The van der Waals surface area contributed by atoms with Gasteiger partial charge in [0, 0.05) is 51.8 Å². The van der Waals surface area contributed by atoms with Crippen LogP contribution in [0.2, 0.25) is 0 Å². The lowest BCUT2D eigenvalue weighted by atomic mass is 9.86. The number of benzene rings is 1. The molecular formula is C28H26N4O4. The van der Waals surface area contributed by atoms with E-state index in [-0.39, 0.29) is 24.6 Å². The van der Waals surface area contributed by atoms with Crippen LogP contribution in [0.25, 0.3) is 33.5 Å². The lowest BCUT2D eigenvalue weighted by molar-refractivity contribution is -0.172. The summed E-state index contributed by atoms with van der Waals surface area (Å²) in [6, 6.07) is 11.9. The summed E-state index contributed by atoms with van der Waals surface area (Å²) in [7, 11) is 0. The number of cyclic esters (lactones) is 1. The van der Waals surface area contributed by atoms with Gasteiger partial charge in [0.1, 0.15) is 6.61 Å². The van der Waals surface area contributed by atoms with E-state index in [4.69, 9.17) is 9.72 Å². The number of fused-ring (bicyclic) bond motifs is 5. The number of esters is 1. The topological polar surface area (TPSA) is 110 Å². The highest BCUT2D eigenvalue weighted by molar-refractivity contribution is 6.05. The van der Waals surface area contributed by atoms with Gasteiger partial charge in [-0.15, -0.1) is 0 Å². The lowest BCUT2D eigenvalue weighted by Gasteiger charge is -2.31. The molecule has 36 heavy (non-hydrogen) atoms. The smallest absolute Gasteiger partial charge is 0.343 e. The number of aliphatic hydroxyl groups is 1. The predicted molar refractivity (Wildman–Crippen MR) is 137 cm³/mol. The minimum absolute atomic E-state index is 0.111. The average molecular weight is 483 g/mol. The lowest BCUT2D eigenvalue weighted by Crippen LogP contribution is -2.44. The van der Waals surface area contributed by atoms with E-state index in [0.29, 0.717) is 29.1 Å². The van der Waals surface area contributed by atoms with Crippen molar-refractivity contribution in [3.05, 3.63) is 75.2 Å². The van der Waals surface area contributed by atoms with Gasteiger partial charge in [-0.3, -0.25) is 9.79 Å². The molecule has 6 rings (SSSR count). The Hall–Kier alpha value is -4.04. The number of nitrogens with zero attached hydrogens (tertiary/aromatic N) is 3. The number of carbonyl (C=O) groups excluding carboxylic acids is 1. The van der Waals surface area contributed by atoms with Crippen molar-refractivity contribution < 1.29 is 14.6 Å². The standard InChI is InChI=1S/C28H26N4O4/c1-4-28(35)21-11-24-25-16(13-32(24)26(33)20(21)14-36-27(28)34)10-18-19(12-30-15(2)3)17(7-8-23(18)31-25)22-6-5-9-29-22/h5-12,15,29,35H,4,13-14H2,1-3H3/t28-/m0/s1. The van der Waals surface area contributed by atoms with Gasteiger partial charge in [-0.05, 0) is 50.6 Å². The molecule has 0 amide bonds. The zero-order chi connectivity index (χ0) is 25.2. The first-order valence-electron chi connectivity index (χ1n) is 12.1. The van der Waals surface area contributed by atoms with E-state index in [1.54, 1.807) is 17.6 Å². The van der Waals surface area contributed by atoms with Crippen LogP contribution < -0.4 is 5.56 Å². The number of H-pyrrole nitrogens is 1. The molecule has 1 aromatic carbocycles. The van der Waals surface area contributed by atoms with Crippen LogP contribution in [0.5, 0.6) is 0 Å². The van der Waals surface area contributed by atoms with Crippen LogP contribution in [0.3, 0.4) is 0 Å². The SMILES string of the molecule is CC[C@@]1(O)C(=O)OCc2c1cc1n(c2=O)Cc2cc3c(C=NC(C)C)c(-c4ccc[nH]4)ccc3nc2-1. The van der Waals surface area contributed by atoms with E-state index < -0.39 is 11.6 Å². The molecule has 8 heteroatoms. The molecule has 4 aromatic rings. The number of ether oxygens (including phenoxy) is 1. The second kappa shape index (κ2) is 7.99. The van der Waals surface area contributed by atoms with Crippen LogP contribution in [0.15, 0.2) is 52.4 Å². The summed E-state index contributed by atoms with van der Waals surface area (Å²) in [4.78, 5) is 38.7. The number of aromatic nitrogens is 3. The maximum absolute atomic E-state index is 13.4. The van der Waals surface area contributed by atoms with E-state index in [2.05, 4.69) is 16.0 Å². The van der Waals surface area contributed by atoms with Crippen LogP contribution >= 0.6 is 0 Å². The third kappa shape index (κ3) is 3.18.